The molecule has 0 saturated heterocycles. The summed E-state index contributed by atoms with van der Waals surface area (Å²) in [7, 11) is 0. The predicted octanol–water partition coefficient (Wildman–Crippen LogP) is 2.50. The lowest BCUT2D eigenvalue weighted by atomic mass is 9.95. The fourth-order valence-electron chi connectivity index (χ4n) is 3.25. The Hall–Kier alpha value is -2.86. The van der Waals surface area contributed by atoms with Crippen molar-refractivity contribution >= 4 is 5.91 Å². The zero-order valence-corrected chi connectivity index (χ0v) is 14.7. The van der Waals surface area contributed by atoms with Gasteiger partial charge in [-0.1, -0.05) is 19.1 Å². The van der Waals surface area contributed by atoms with Gasteiger partial charge in [0.2, 0.25) is 5.60 Å². The normalized spacial score (nSPS) is 19.1. The lowest BCUT2D eigenvalue weighted by Crippen LogP contribution is -2.57. The molecule has 1 aromatic heterocycles. The molecule has 142 valence electrons. The van der Waals surface area contributed by atoms with Crippen molar-refractivity contribution in [1.82, 2.24) is 14.7 Å². The average Bonchev–Trinajstić information content (AvgIpc) is 3.04. The van der Waals surface area contributed by atoms with E-state index in [1.54, 1.807) is 35.9 Å². The van der Waals surface area contributed by atoms with E-state index in [2.05, 4.69) is 11.2 Å². The number of benzene rings is 1. The fourth-order valence-corrected chi connectivity index (χ4v) is 3.25. The van der Waals surface area contributed by atoms with Crippen molar-refractivity contribution in [3.8, 4) is 11.8 Å². The van der Waals surface area contributed by atoms with Gasteiger partial charge in [-0.15, -0.1) is 0 Å². The lowest BCUT2D eigenvalue weighted by molar-refractivity contribution is -0.250. The third kappa shape index (κ3) is 3.06. The molecule has 9 heteroatoms. The second-order valence-corrected chi connectivity index (χ2v) is 6.75. The van der Waals surface area contributed by atoms with Gasteiger partial charge in [0, 0.05) is 24.6 Å². The van der Waals surface area contributed by atoms with Crippen LogP contribution in [-0.2, 0) is 11.3 Å². The van der Waals surface area contributed by atoms with Crippen molar-refractivity contribution in [2.75, 3.05) is 6.54 Å². The number of aromatic nitrogens is 2. The second kappa shape index (κ2) is 6.39. The molecule has 1 N–H and O–H groups in total. The number of nitriles is 1. The van der Waals surface area contributed by atoms with Crippen molar-refractivity contribution in [2.45, 2.75) is 38.1 Å². The zero-order valence-electron chi connectivity index (χ0n) is 14.7. The first-order chi connectivity index (χ1) is 12.6. The van der Waals surface area contributed by atoms with Crippen LogP contribution in [0.2, 0.25) is 0 Å². The maximum absolute atomic E-state index is 13.0. The SMILES string of the molecule is C[C@H]1CN(C(=O)[C@@](C)(O)C(F)(F)F)Cc2cnn(-c3ccccc3C#N)c21. The third-order valence-corrected chi connectivity index (χ3v) is 4.72. The Bertz CT molecular complexity index is 927. The van der Waals surface area contributed by atoms with Crippen molar-refractivity contribution < 1.29 is 23.1 Å². The minimum absolute atomic E-state index is 0.00151. The third-order valence-electron chi connectivity index (χ3n) is 4.72. The summed E-state index contributed by atoms with van der Waals surface area (Å²) in [6.45, 7) is 2.12. The standard InChI is InChI=1S/C18H17F3N4O2/c1-11-9-24(16(26)17(2,27)18(19,20)21)10-13-8-23-25(15(11)13)14-6-4-3-5-12(14)7-22/h3-6,8,11,27H,9-10H2,1-2H3/t11-,17+/m0/s1. The fraction of sp³-hybridized carbons (Fsp3) is 0.389. The summed E-state index contributed by atoms with van der Waals surface area (Å²) < 4.78 is 40.6. The quantitative estimate of drug-likeness (QED) is 0.871. The van der Waals surface area contributed by atoms with Crippen LogP contribution in [0.1, 0.15) is 36.6 Å². The van der Waals surface area contributed by atoms with Gasteiger partial charge in [-0.25, -0.2) is 4.68 Å². The number of aliphatic hydroxyl groups is 1. The summed E-state index contributed by atoms with van der Waals surface area (Å²) in [4.78, 5) is 13.3. The molecule has 0 fully saturated rings. The van der Waals surface area contributed by atoms with E-state index in [-0.39, 0.29) is 19.0 Å². The Kier molecular flexibility index (Phi) is 4.48. The molecule has 27 heavy (non-hydrogen) atoms. The molecule has 1 aliphatic rings. The van der Waals surface area contributed by atoms with Crippen LogP contribution in [0.25, 0.3) is 5.69 Å². The summed E-state index contributed by atoms with van der Waals surface area (Å²) in [5.41, 5.74) is -1.17. The maximum Gasteiger partial charge on any atom is 0.426 e. The van der Waals surface area contributed by atoms with Crippen molar-refractivity contribution in [3.63, 3.8) is 0 Å². The number of carbonyl (C=O) groups excluding carboxylic acids is 1. The van der Waals surface area contributed by atoms with E-state index < -0.39 is 17.7 Å². The highest BCUT2D eigenvalue weighted by Gasteiger charge is 2.57. The monoisotopic (exact) mass is 378 g/mol. The van der Waals surface area contributed by atoms with E-state index in [1.165, 1.54) is 6.20 Å². The molecule has 6 nitrogen and oxygen atoms in total. The number of fused-ring (bicyclic) bond motifs is 1. The van der Waals surface area contributed by atoms with Crippen LogP contribution in [0, 0.1) is 11.3 Å². The molecule has 0 unspecified atom stereocenters. The molecule has 3 rings (SSSR count). The van der Waals surface area contributed by atoms with Crippen molar-refractivity contribution in [1.29, 1.82) is 5.26 Å². The Balaban J connectivity index is 1.97. The number of alkyl halides is 3. The highest BCUT2D eigenvalue weighted by Crippen LogP contribution is 2.36. The number of hydrogen-bond donors (Lipinski definition) is 1. The minimum atomic E-state index is -5.07. The Labute approximate surface area is 153 Å². The van der Waals surface area contributed by atoms with E-state index in [4.69, 9.17) is 0 Å². The summed E-state index contributed by atoms with van der Waals surface area (Å²) >= 11 is 0. The first-order valence-corrected chi connectivity index (χ1v) is 8.22. The van der Waals surface area contributed by atoms with Gasteiger partial charge in [-0.05, 0) is 19.1 Å². The Morgan fingerprint density at radius 2 is 2.04 bits per heavy atom. The Morgan fingerprint density at radius 3 is 2.67 bits per heavy atom. The van der Waals surface area contributed by atoms with Crippen LogP contribution in [0.5, 0.6) is 0 Å². The number of rotatable bonds is 2. The van der Waals surface area contributed by atoms with E-state index >= 15 is 0 Å². The number of nitrogens with zero attached hydrogens (tertiary/aromatic N) is 4. The van der Waals surface area contributed by atoms with Gasteiger partial charge in [0.25, 0.3) is 5.91 Å². The van der Waals surface area contributed by atoms with E-state index in [0.29, 0.717) is 23.7 Å². The summed E-state index contributed by atoms with van der Waals surface area (Å²) in [6, 6.07) is 8.94. The van der Waals surface area contributed by atoms with E-state index in [0.717, 1.165) is 10.6 Å². The van der Waals surface area contributed by atoms with Crippen LogP contribution < -0.4 is 0 Å². The summed E-state index contributed by atoms with van der Waals surface area (Å²) in [5.74, 6) is -1.73. The largest absolute Gasteiger partial charge is 0.426 e. The molecule has 0 aliphatic carbocycles. The van der Waals surface area contributed by atoms with Gasteiger partial charge in [0.1, 0.15) is 6.07 Å². The number of halogens is 3. The van der Waals surface area contributed by atoms with Gasteiger partial charge in [0.15, 0.2) is 0 Å². The van der Waals surface area contributed by atoms with Gasteiger partial charge in [-0.3, -0.25) is 4.79 Å². The van der Waals surface area contributed by atoms with Gasteiger partial charge < -0.3 is 10.0 Å². The maximum atomic E-state index is 13.0. The molecular formula is C18H17F3N4O2. The highest BCUT2D eigenvalue weighted by atomic mass is 19.4. The molecule has 0 bridgehead atoms. The molecule has 0 saturated carbocycles. The molecule has 1 amide bonds. The number of hydrogen-bond acceptors (Lipinski definition) is 4. The summed E-state index contributed by atoms with van der Waals surface area (Å²) in [5, 5.41) is 23.2. The van der Waals surface area contributed by atoms with E-state index in [1.807, 2.05) is 0 Å². The topological polar surface area (TPSA) is 82.2 Å². The van der Waals surface area contributed by atoms with Crippen LogP contribution in [0.3, 0.4) is 0 Å². The smallest absolute Gasteiger partial charge is 0.373 e. The van der Waals surface area contributed by atoms with Gasteiger partial charge >= 0.3 is 6.18 Å². The number of para-hydroxylation sites is 1. The van der Waals surface area contributed by atoms with Crippen molar-refractivity contribution in [3.05, 3.63) is 47.3 Å². The second-order valence-electron chi connectivity index (χ2n) is 6.75. The summed E-state index contributed by atoms with van der Waals surface area (Å²) in [6.07, 6.45) is -3.59. The van der Waals surface area contributed by atoms with Crippen LogP contribution >= 0.6 is 0 Å². The van der Waals surface area contributed by atoms with Gasteiger partial charge in [0.05, 0.1) is 23.1 Å². The molecule has 1 aliphatic heterocycles. The lowest BCUT2D eigenvalue weighted by Gasteiger charge is -2.36. The van der Waals surface area contributed by atoms with Crippen LogP contribution in [0.15, 0.2) is 30.5 Å². The van der Waals surface area contributed by atoms with E-state index in [9.17, 15) is 28.3 Å². The molecule has 0 radical (unpaired) electrons. The average molecular weight is 378 g/mol. The predicted molar refractivity (Wildman–Crippen MR) is 88.8 cm³/mol. The van der Waals surface area contributed by atoms with Crippen LogP contribution in [0.4, 0.5) is 13.2 Å². The first-order valence-electron chi connectivity index (χ1n) is 8.22. The molecule has 2 heterocycles. The molecule has 2 aromatic rings. The van der Waals surface area contributed by atoms with Crippen molar-refractivity contribution in [2.24, 2.45) is 0 Å². The molecular weight excluding hydrogens is 361 g/mol. The highest BCUT2D eigenvalue weighted by molar-refractivity contribution is 5.85. The number of amides is 1. The first kappa shape index (κ1) is 18.9. The number of carbonyl (C=O) groups is 1. The molecule has 1 aromatic carbocycles. The molecule has 0 spiro atoms. The minimum Gasteiger partial charge on any atom is -0.373 e. The zero-order chi connectivity index (χ0) is 20.0. The molecule has 2 atom stereocenters. The van der Waals surface area contributed by atoms with Crippen LogP contribution in [-0.4, -0.2) is 44.0 Å². The Morgan fingerprint density at radius 1 is 1.37 bits per heavy atom. The van der Waals surface area contributed by atoms with Gasteiger partial charge in [-0.2, -0.15) is 23.5 Å².